The average Bonchev–Trinajstić information content (AvgIpc) is 3.18. The Hall–Kier alpha value is -1.84. The summed E-state index contributed by atoms with van der Waals surface area (Å²) in [6, 6.07) is 6.40. The smallest absolute Gasteiger partial charge is 0.223 e. The lowest BCUT2D eigenvalue weighted by Gasteiger charge is -2.11. The zero-order chi connectivity index (χ0) is 16.1. The fourth-order valence-corrected chi connectivity index (χ4v) is 2.52. The van der Waals surface area contributed by atoms with Crippen LogP contribution in [0.3, 0.4) is 0 Å². The van der Waals surface area contributed by atoms with Crippen LogP contribution in [0.1, 0.15) is 22.8 Å². The highest BCUT2D eigenvalue weighted by molar-refractivity contribution is 14.0. The molecule has 0 spiro atoms. The number of aromatic nitrogens is 2. The maximum Gasteiger partial charge on any atom is 0.223 e. The fraction of sp³-hybridized carbons (Fsp3) is 0.438. The predicted octanol–water partition coefficient (Wildman–Crippen LogP) is 1.84. The molecule has 0 atom stereocenters. The van der Waals surface area contributed by atoms with E-state index in [1.807, 2.05) is 0 Å². The van der Waals surface area contributed by atoms with Gasteiger partial charge in [-0.3, -0.25) is 4.99 Å². The van der Waals surface area contributed by atoms with Crippen LogP contribution in [0.4, 0.5) is 0 Å². The standard InChI is InChI=1S/C16H21N5O2.HI/c1-11-20-15(21-23-11)10-19-16(17-2)18-7-5-12-3-4-14-13(9-12)6-8-22-14;/h3-4,9H,5-8,10H2,1-2H3,(H2,17,18,19);1H. The van der Waals surface area contributed by atoms with E-state index >= 15 is 0 Å². The summed E-state index contributed by atoms with van der Waals surface area (Å²) in [6.45, 7) is 3.84. The molecule has 2 heterocycles. The SMILES string of the molecule is CN=C(NCCc1ccc2c(c1)CCO2)NCc1noc(C)n1.I. The summed E-state index contributed by atoms with van der Waals surface area (Å²) in [5, 5.41) is 10.3. The first kappa shape index (κ1) is 18.5. The number of hydrogen-bond donors (Lipinski definition) is 2. The van der Waals surface area contributed by atoms with Crippen LogP contribution in [-0.4, -0.2) is 36.3 Å². The molecule has 130 valence electrons. The normalized spacial score (nSPS) is 13.0. The molecule has 0 fully saturated rings. The number of halogens is 1. The molecule has 1 aromatic heterocycles. The molecule has 0 bridgehead atoms. The third-order valence-electron chi connectivity index (χ3n) is 3.67. The molecule has 0 unspecified atom stereocenters. The maximum atomic E-state index is 5.52. The summed E-state index contributed by atoms with van der Waals surface area (Å²) in [5.74, 6) is 2.92. The molecular weight excluding hydrogens is 421 g/mol. The molecule has 1 aromatic carbocycles. The van der Waals surface area contributed by atoms with E-state index in [4.69, 9.17) is 9.26 Å². The zero-order valence-corrected chi connectivity index (χ0v) is 16.2. The van der Waals surface area contributed by atoms with Gasteiger partial charge in [-0.05, 0) is 23.6 Å². The number of nitrogens with one attached hydrogen (secondary N) is 2. The number of hydrogen-bond acceptors (Lipinski definition) is 5. The van der Waals surface area contributed by atoms with E-state index in [-0.39, 0.29) is 24.0 Å². The van der Waals surface area contributed by atoms with Crippen molar-refractivity contribution in [2.24, 2.45) is 4.99 Å². The lowest BCUT2D eigenvalue weighted by Crippen LogP contribution is -2.38. The van der Waals surface area contributed by atoms with Gasteiger partial charge < -0.3 is 19.9 Å². The van der Waals surface area contributed by atoms with Gasteiger partial charge in [0.2, 0.25) is 5.89 Å². The van der Waals surface area contributed by atoms with Crippen molar-refractivity contribution in [2.45, 2.75) is 26.3 Å². The van der Waals surface area contributed by atoms with Gasteiger partial charge in [0.25, 0.3) is 0 Å². The van der Waals surface area contributed by atoms with E-state index in [9.17, 15) is 0 Å². The number of ether oxygens (including phenoxy) is 1. The van der Waals surface area contributed by atoms with Crippen LogP contribution < -0.4 is 15.4 Å². The summed E-state index contributed by atoms with van der Waals surface area (Å²) in [5.41, 5.74) is 2.60. The van der Waals surface area contributed by atoms with Gasteiger partial charge in [-0.25, -0.2) is 0 Å². The number of benzene rings is 1. The number of rotatable bonds is 5. The number of nitrogens with zero attached hydrogens (tertiary/aromatic N) is 3. The van der Waals surface area contributed by atoms with Crippen molar-refractivity contribution in [1.29, 1.82) is 0 Å². The molecule has 0 saturated heterocycles. The van der Waals surface area contributed by atoms with Crippen LogP contribution in [0.2, 0.25) is 0 Å². The van der Waals surface area contributed by atoms with Gasteiger partial charge in [-0.15, -0.1) is 24.0 Å². The van der Waals surface area contributed by atoms with Gasteiger partial charge in [-0.2, -0.15) is 4.98 Å². The first-order chi connectivity index (χ1) is 11.2. The molecular formula is C16H22IN5O2. The van der Waals surface area contributed by atoms with Crippen LogP contribution >= 0.6 is 24.0 Å². The second-order valence-corrected chi connectivity index (χ2v) is 5.37. The molecule has 8 heteroatoms. The lowest BCUT2D eigenvalue weighted by atomic mass is 10.1. The van der Waals surface area contributed by atoms with Gasteiger partial charge in [0.1, 0.15) is 5.75 Å². The monoisotopic (exact) mass is 443 g/mol. The molecule has 7 nitrogen and oxygen atoms in total. The van der Waals surface area contributed by atoms with Crippen molar-refractivity contribution in [3.63, 3.8) is 0 Å². The Kier molecular flexibility index (Phi) is 6.83. The van der Waals surface area contributed by atoms with Crippen LogP contribution in [0.25, 0.3) is 0 Å². The van der Waals surface area contributed by atoms with E-state index < -0.39 is 0 Å². The lowest BCUT2D eigenvalue weighted by molar-refractivity contribution is 0.357. The Morgan fingerprint density at radius 2 is 2.21 bits per heavy atom. The topological polar surface area (TPSA) is 84.6 Å². The first-order valence-corrected chi connectivity index (χ1v) is 7.73. The largest absolute Gasteiger partial charge is 0.493 e. The quantitative estimate of drug-likeness (QED) is 0.417. The molecule has 0 aliphatic carbocycles. The molecule has 2 N–H and O–H groups in total. The minimum absolute atomic E-state index is 0. The average molecular weight is 443 g/mol. The van der Waals surface area contributed by atoms with Crippen LogP contribution in [0.15, 0.2) is 27.7 Å². The number of fused-ring (bicyclic) bond motifs is 1. The summed E-state index contributed by atoms with van der Waals surface area (Å²) in [7, 11) is 1.74. The molecule has 0 saturated carbocycles. The minimum atomic E-state index is 0. The van der Waals surface area contributed by atoms with Gasteiger partial charge in [0.15, 0.2) is 11.8 Å². The van der Waals surface area contributed by atoms with Gasteiger partial charge >= 0.3 is 0 Å². The molecule has 1 aliphatic heterocycles. The second kappa shape index (κ2) is 8.86. The Balaban J connectivity index is 0.00000208. The molecule has 1 aliphatic rings. The molecule has 0 amide bonds. The molecule has 0 radical (unpaired) electrons. The van der Waals surface area contributed by atoms with Crippen LogP contribution in [0, 0.1) is 6.92 Å². The van der Waals surface area contributed by atoms with E-state index in [1.165, 1.54) is 11.1 Å². The molecule has 24 heavy (non-hydrogen) atoms. The Labute approximate surface area is 158 Å². The third-order valence-corrected chi connectivity index (χ3v) is 3.67. The Bertz CT molecular complexity index is 702. The van der Waals surface area contributed by atoms with Crippen molar-refractivity contribution >= 4 is 29.9 Å². The highest BCUT2D eigenvalue weighted by Gasteiger charge is 2.11. The van der Waals surface area contributed by atoms with Crippen molar-refractivity contribution < 1.29 is 9.26 Å². The van der Waals surface area contributed by atoms with E-state index in [0.29, 0.717) is 18.3 Å². The van der Waals surface area contributed by atoms with Crippen molar-refractivity contribution in [3.05, 3.63) is 41.0 Å². The fourth-order valence-electron chi connectivity index (χ4n) is 2.52. The Morgan fingerprint density at radius 3 is 2.96 bits per heavy atom. The summed E-state index contributed by atoms with van der Waals surface area (Å²) in [6.07, 6.45) is 1.93. The van der Waals surface area contributed by atoms with Gasteiger partial charge in [0.05, 0.1) is 13.2 Å². The summed E-state index contributed by atoms with van der Waals surface area (Å²) < 4.78 is 10.5. The Morgan fingerprint density at radius 1 is 1.33 bits per heavy atom. The number of guanidine groups is 1. The van der Waals surface area contributed by atoms with Crippen LogP contribution in [0.5, 0.6) is 5.75 Å². The molecule has 2 aromatic rings. The predicted molar refractivity (Wildman–Crippen MR) is 102 cm³/mol. The van der Waals surface area contributed by atoms with E-state index in [2.05, 4.69) is 44.0 Å². The molecule has 3 rings (SSSR count). The van der Waals surface area contributed by atoms with Gasteiger partial charge in [0, 0.05) is 26.9 Å². The van der Waals surface area contributed by atoms with Crippen molar-refractivity contribution in [3.8, 4) is 5.75 Å². The first-order valence-electron chi connectivity index (χ1n) is 7.73. The van der Waals surface area contributed by atoms with Crippen molar-refractivity contribution in [2.75, 3.05) is 20.2 Å². The summed E-state index contributed by atoms with van der Waals surface area (Å²) in [4.78, 5) is 8.33. The van der Waals surface area contributed by atoms with Gasteiger partial charge in [-0.1, -0.05) is 17.3 Å². The zero-order valence-electron chi connectivity index (χ0n) is 13.8. The highest BCUT2D eigenvalue weighted by Crippen LogP contribution is 2.25. The number of aliphatic imine (C=N–C) groups is 1. The van der Waals surface area contributed by atoms with E-state index in [1.54, 1.807) is 14.0 Å². The van der Waals surface area contributed by atoms with Crippen LogP contribution in [-0.2, 0) is 19.4 Å². The highest BCUT2D eigenvalue weighted by atomic mass is 127. The number of aryl methyl sites for hydroxylation is 1. The van der Waals surface area contributed by atoms with Crippen molar-refractivity contribution in [1.82, 2.24) is 20.8 Å². The summed E-state index contributed by atoms with van der Waals surface area (Å²) >= 11 is 0. The third kappa shape index (κ3) is 4.83. The van der Waals surface area contributed by atoms with E-state index in [0.717, 1.165) is 37.7 Å². The maximum absolute atomic E-state index is 5.52. The minimum Gasteiger partial charge on any atom is -0.493 e. The second-order valence-electron chi connectivity index (χ2n) is 5.37.